The summed E-state index contributed by atoms with van der Waals surface area (Å²) >= 11 is 7.13. The first-order chi connectivity index (χ1) is 17.8. The molecule has 10 heteroatoms. The van der Waals surface area contributed by atoms with Crippen molar-refractivity contribution in [2.24, 2.45) is 0 Å². The van der Waals surface area contributed by atoms with Crippen molar-refractivity contribution < 1.29 is 14.3 Å². The zero-order chi connectivity index (χ0) is 26.4. The molecule has 2 N–H and O–H groups in total. The highest BCUT2D eigenvalue weighted by molar-refractivity contribution is 7.80. The number of rotatable bonds is 8. The Morgan fingerprint density at radius 2 is 1.78 bits per heavy atom. The summed E-state index contributed by atoms with van der Waals surface area (Å²) in [5.74, 6) is 0.449. The van der Waals surface area contributed by atoms with E-state index in [1.807, 2.05) is 26.2 Å². The number of aromatic nitrogens is 1. The number of hydrogen-bond donors (Lipinski definition) is 2. The van der Waals surface area contributed by atoms with Crippen LogP contribution in [-0.4, -0.2) is 67.5 Å². The molecule has 0 saturated carbocycles. The summed E-state index contributed by atoms with van der Waals surface area (Å²) < 4.78 is 5.11. The standard InChI is InChI=1S/C27H31N5O3S2/c1-31(2)21-8-6-20(7-9-21)29-27(36)32-14-12-19(13-15-32)26-30-23(17-37-26)25(34)28-16-24(33)18-4-10-22(35-3)11-5-18/h4-11,17,19H,12-16H2,1-3H3,(H,28,34)(H,29,36). The Balaban J connectivity index is 1.24. The third-order valence-corrected chi connectivity index (χ3v) is 7.71. The zero-order valence-electron chi connectivity index (χ0n) is 21.2. The number of methoxy groups -OCH3 is 1. The Kier molecular flexibility index (Phi) is 8.73. The molecule has 1 aromatic heterocycles. The molecule has 37 heavy (non-hydrogen) atoms. The number of nitrogens with zero attached hydrogens (tertiary/aromatic N) is 3. The lowest BCUT2D eigenvalue weighted by Crippen LogP contribution is -2.40. The summed E-state index contributed by atoms with van der Waals surface area (Å²) in [4.78, 5) is 33.8. The fourth-order valence-corrected chi connectivity index (χ4v) is 5.36. The molecular weight excluding hydrogens is 506 g/mol. The molecule has 1 aliphatic heterocycles. The Hall–Kier alpha value is -3.50. The highest BCUT2D eigenvalue weighted by Gasteiger charge is 2.25. The van der Waals surface area contributed by atoms with Crippen molar-refractivity contribution in [1.29, 1.82) is 0 Å². The molecule has 2 aromatic carbocycles. The number of ketones is 1. The molecule has 0 spiro atoms. The normalized spacial score (nSPS) is 13.6. The molecule has 0 bridgehead atoms. The van der Waals surface area contributed by atoms with E-state index in [9.17, 15) is 9.59 Å². The van der Waals surface area contributed by atoms with E-state index in [0.29, 0.717) is 17.0 Å². The number of carbonyl (C=O) groups is 2. The van der Waals surface area contributed by atoms with Crippen LogP contribution in [0.1, 0.15) is 44.6 Å². The first kappa shape index (κ1) is 26.6. The zero-order valence-corrected chi connectivity index (χ0v) is 22.8. The summed E-state index contributed by atoms with van der Waals surface area (Å²) in [6.45, 7) is 1.56. The molecule has 194 valence electrons. The van der Waals surface area contributed by atoms with E-state index in [-0.39, 0.29) is 24.2 Å². The molecule has 0 unspecified atom stereocenters. The largest absolute Gasteiger partial charge is 0.497 e. The Morgan fingerprint density at radius 1 is 1.11 bits per heavy atom. The van der Waals surface area contributed by atoms with Crippen molar-refractivity contribution in [1.82, 2.24) is 15.2 Å². The van der Waals surface area contributed by atoms with Gasteiger partial charge in [-0.25, -0.2) is 4.98 Å². The summed E-state index contributed by atoms with van der Waals surface area (Å²) in [5.41, 5.74) is 2.98. The van der Waals surface area contributed by atoms with Crippen LogP contribution >= 0.6 is 23.6 Å². The predicted molar refractivity (Wildman–Crippen MR) is 152 cm³/mol. The second-order valence-corrected chi connectivity index (χ2v) is 10.3. The van der Waals surface area contributed by atoms with Gasteiger partial charge in [0.2, 0.25) is 0 Å². The van der Waals surface area contributed by atoms with E-state index in [1.165, 1.54) is 11.3 Å². The quantitative estimate of drug-likeness (QED) is 0.323. The number of carbonyl (C=O) groups excluding carboxylic acids is 2. The van der Waals surface area contributed by atoms with Gasteiger partial charge in [0, 0.05) is 55.4 Å². The van der Waals surface area contributed by atoms with E-state index in [4.69, 9.17) is 17.0 Å². The molecule has 2 heterocycles. The van der Waals surface area contributed by atoms with Crippen LogP contribution in [0.5, 0.6) is 5.75 Å². The van der Waals surface area contributed by atoms with Crippen LogP contribution in [0.15, 0.2) is 53.9 Å². The van der Waals surface area contributed by atoms with Crippen molar-refractivity contribution in [3.05, 3.63) is 70.2 Å². The SMILES string of the molecule is COc1ccc(C(=O)CNC(=O)c2csc(C3CCN(C(=S)Nc4ccc(N(C)C)cc4)CC3)n2)cc1. The van der Waals surface area contributed by atoms with E-state index in [2.05, 4.69) is 37.6 Å². The van der Waals surface area contributed by atoms with Crippen molar-refractivity contribution in [3.63, 3.8) is 0 Å². The molecule has 0 aliphatic carbocycles. The van der Waals surface area contributed by atoms with E-state index >= 15 is 0 Å². The monoisotopic (exact) mass is 537 g/mol. The van der Waals surface area contributed by atoms with Gasteiger partial charge in [-0.3, -0.25) is 9.59 Å². The minimum absolute atomic E-state index is 0.0846. The number of likely N-dealkylation sites (tertiary alicyclic amines) is 1. The van der Waals surface area contributed by atoms with E-state index < -0.39 is 0 Å². The third-order valence-electron chi connectivity index (χ3n) is 6.34. The van der Waals surface area contributed by atoms with Gasteiger partial charge in [-0.15, -0.1) is 11.3 Å². The molecular formula is C27H31N5O3S2. The van der Waals surface area contributed by atoms with Gasteiger partial charge in [0.05, 0.1) is 18.7 Å². The van der Waals surface area contributed by atoms with Crippen molar-refractivity contribution in [2.45, 2.75) is 18.8 Å². The van der Waals surface area contributed by atoms with E-state index in [1.54, 1.807) is 36.8 Å². The van der Waals surface area contributed by atoms with Gasteiger partial charge in [0.1, 0.15) is 11.4 Å². The van der Waals surface area contributed by atoms with E-state index in [0.717, 1.165) is 47.4 Å². The van der Waals surface area contributed by atoms with Crippen LogP contribution in [-0.2, 0) is 0 Å². The van der Waals surface area contributed by atoms with Gasteiger partial charge < -0.3 is 25.2 Å². The first-order valence-corrected chi connectivity index (χ1v) is 13.4. The van der Waals surface area contributed by atoms with Crippen LogP contribution in [0.2, 0.25) is 0 Å². The topological polar surface area (TPSA) is 86.8 Å². The number of hydrogen-bond acceptors (Lipinski definition) is 7. The van der Waals surface area contributed by atoms with Gasteiger partial charge in [0.15, 0.2) is 10.9 Å². The van der Waals surface area contributed by atoms with Crippen LogP contribution in [0, 0.1) is 0 Å². The number of amides is 1. The molecule has 1 aliphatic rings. The number of thiazole rings is 1. The fraction of sp³-hybridized carbons (Fsp3) is 0.333. The molecule has 4 rings (SSSR count). The minimum atomic E-state index is -0.340. The van der Waals surface area contributed by atoms with Crippen LogP contribution in [0.25, 0.3) is 0 Å². The minimum Gasteiger partial charge on any atom is -0.497 e. The lowest BCUT2D eigenvalue weighted by Gasteiger charge is -2.33. The van der Waals surface area contributed by atoms with Crippen molar-refractivity contribution in [2.75, 3.05) is 51.1 Å². The highest BCUT2D eigenvalue weighted by atomic mass is 32.1. The van der Waals surface area contributed by atoms with Crippen molar-refractivity contribution >= 4 is 51.7 Å². The fourth-order valence-electron chi connectivity index (χ4n) is 4.08. The number of piperidine rings is 1. The maximum absolute atomic E-state index is 12.6. The third kappa shape index (κ3) is 6.84. The van der Waals surface area contributed by atoms with Gasteiger partial charge in [-0.05, 0) is 73.6 Å². The molecule has 0 radical (unpaired) electrons. The van der Waals surface area contributed by atoms with Crippen LogP contribution in [0.4, 0.5) is 11.4 Å². The molecule has 0 atom stereocenters. The van der Waals surface area contributed by atoms with Gasteiger partial charge in [-0.1, -0.05) is 0 Å². The maximum Gasteiger partial charge on any atom is 0.271 e. The summed E-state index contributed by atoms with van der Waals surface area (Å²) in [7, 11) is 5.60. The molecule has 1 saturated heterocycles. The molecule has 8 nitrogen and oxygen atoms in total. The first-order valence-electron chi connectivity index (χ1n) is 12.1. The summed E-state index contributed by atoms with van der Waals surface area (Å²) in [6.07, 6.45) is 1.82. The molecule has 1 amide bonds. The number of anilines is 2. The average Bonchev–Trinajstić information content (AvgIpc) is 3.42. The number of ether oxygens (including phenoxy) is 1. The Morgan fingerprint density at radius 3 is 2.41 bits per heavy atom. The highest BCUT2D eigenvalue weighted by Crippen LogP contribution is 2.30. The summed E-state index contributed by atoms with van der Waals surface area (Å²) in [6, 6.07) is 15.0. The van der Waals surface area contributed by atoms with Gasteiger partial charge in [0.25, 0.3) is 5.91 Å². The van der Waals surface area contributed by atoms with Gasteiger partial charge >= 0.3 is 0 Å². The second kappa shape index (κ2) is 12.2. The predicted octanol–water partition coefficient (Wildman–Crippen LogP) is 4.41. The number of nitrogens with one attached hydrogen (secondary N) is 2. The molecule has 1 fully saturated rings. The summed E-state index contributed by atoms with van der Waals surface area (Å²) in [5, 5.41) is 9.45. The number of thiocarbonyl (C=S) groups is 1. The lowest BCUT2D eigenvalue weighted by atomic mass is 9.98. The van der Waals surface area contributed by atoms with Crippen LogP contribution < -0.4 is 20.3 Å². The number of benzene rings is 2. The smallest absolute Gasteiger partial charge is 0.271 e. The van der Waals surface area contributed by atoms with Crippen LogP contribution in [0.3, 0.4) is 0 Å². The van der Waals surface area contributed by atoms with Crippen molar-refractivity contribution in [3.8, 4) is 5.75 Å². The Bertz CT molecular complexity index is 1230. The number of Topliss-reactive ketones (excluding diaryl/α,β-unsaturated/α-hetero) is 1. The lowest BCUT2D eigenvalue weighted by molar-refractivity contribution is 0.0901. The molecule has 3 aromatic rings. The Labute approximate surface area is 226 Å². The van der Waals surface area contributed by atoms with Gasteiger partial charge in [-0.2, -0.15) is 0 Å². The second-order valence-electron chi connectivity index (χ2n) is 9.04. The maximum atomic E-state index is 12.6. The average molecular weight is 538 g/mol.